The maximum atomic E-state index is 5.23. The molecule has 0 unspecified atom stereocenters. The molecule has 0 bridgehead atoms. The largest absolute Gasteiger partial charge is 0.496 e. The number of ether oxygens (including phenoxy) is 1. The summed E-state index contributed by atoms with van der Waals surface area (Å²) in [6.45, 7) is 4.24. The second-order valence-electron chi connectivity index (χ2n) is 4.77. The second-order valence-corrected chi connectivity index (χ2v) is 4.77. The highest BCUT2D eigenvalue weighted by Crippen LogP contribution is 2.24. The normalized spacial score (nSPS) is 9.75. The van der Waals surface area contributed by atoms with E-state index >= 15 is 0 Å². The van der Waals surface area contributed by atoms with Crippen LogP contribution in [0.15, 0.2) is 66.7 Å². The maximum absolute atomic E-state index is 5.23. The molecule has 0 aromatic heterocycles. The van der Waals surface area contributed by atoms with Gasteiger partial charge in [-0.15, -0.1) is 0 Å². The number of methoxy groups -OCH3 is 1. The average molecular weight is 264 g/mol. The van der Waals surface area contributed by atoms with Crippen molar-refractivity contribution in [1.82, 2.24) is 0 Å². The molecule has 102 valence electrons. The highest BCUT2D eigenvalue weighted by molar-refractivity contribution is 5.88. The Labute approximate surface area is 120 Å². The minimum Gasteiger partial charge on any atom is -0.496 e. The Morgan fingerprint density at radius 3 is 1.80 bits per heavy atom. The van der Waals surface area contributed by atoms with Crippen LogP contribution in [0.25, 0.3) is 10.8 Å². The van der Waals surface area contributed by atoms with Crippen LogP contribution in [0.3, 0.4) is 0 Å². The molecule has 0 aliphatic rings. The summed E-state index contributed by atoms with van der Waals surface area (Å²) >= 11 is 0. The van der Waals surface area contributed by atoms with E-state index < -0.39 is 0 Å². The van der Waals surface area contributed by atoms with E-state index in [0.29, 0.717) is 0 Å². The van der Waals surface area contributed by atoms with E-state index in [1.807, 2.05) is 24.3 Å². The molecule has 0 spiro atoms. The number of fused-ring (bicyclic) bond motifs is 1. The van der Waals surface area contributed by atoms with E-state index in [1.165, 1.54) is 21.9 Å². The summed E-state index contributed by atoms with van der Waals surface area (Å²) in [4.78, 5) is 0. The minimum absolute atomic E-state index is 0.938. The van der Waals surface area contributed by atoms with Crippen LogP contribution < -0.4 is 4.74 Å². The Morgan fingerprint density at radius 1 is 0.650 bits per heavy atom. The Kier molecular flexibility index (Phi) is 4.78. The smallest absolute Gasteiger partial charge is 0.126 e. The van der Waals surface area contributed by atoms with Gasteiger partial charge in [-0.25, -0.2) is 0 Å². The van der Waals surface area contributed by atoms with Crippen molar-refractivity contribution in [2.24, 2.45) is 0 Å². The summed E-state index contributed by atoms with van der Waals surface area (Å²) < 4.78 is 5.23. The molecule has 0 atom stereocenters. The van der Waals surface area contributed by atoms with Crippen molar-refractivity contribution in [2.75, 3.05) is 7.11 Å². The van der Waals surface area contributed by atoms with Gasteiger partial charge in [-0.3, -0.25) is 0 Å². The van der Waals surface area contributed by atoms with Gasteiger partial charge in [0.15, 0.2) is 0 Å². The Balaban J connectivity index is 0.000000160. The molecular formula is C19H20O. The molecule has 3 aromatic carbocycles. The Hall–Kier alpha value is -2.28. The summed E-state index contributed by atoms with van der Waals surface area (Å²) in [6, 6.07) is 22.6. The third-order valence-corrected chi connectivity index (χ3v) is 3.40. The third kappa shape index (κ3) is 3.39. The number of rotatable bonds is 1. The van der Waals surface area contributed by atoms with Gasteiger partial charge < -0.3 is 4.74 Å². The van der Waals surface area contributed by atoms with Gasteiger partial charge in [0.25, 0.3) is 0 Å². The zero-order chi connectivity index (χ0) is 14.4. The van der Waals surface area contributed by atoms with Crippen LogP contribution in [0.5, 0.6) is 5.75 Å². The van der Waals surface area contributed by atoms with Crippen LogP contribution in [0.2, 0.25) is 0 Å². The molecule has 0 N–H and O–H groups in total. The minimum atomic E-state index is 0.938. The van der Waals surface area contributed by atoms with Crippen LogP contribution in [-0.2, 0) is 0 Å². The summed E-state index contributed by atoms with van der Waals surface area (Å²) in [7, 11) is 1.70. The van der Waals surface area contributed by atoms with Crippen molar-refractivity contribution >= 4 is 10.8 Å². The van der Waals surface area contributed by atoms with E-state index in [2.05, 4.69) is 56.3 Å². The van der Waals surface area contributed by atoms with Crippen molar-refractivity contribution in [2.45, 2.75) is 13.8 Å². The van der Waals surface area contributed by atoms with Gasteiger partial charge in [0, 0.05) is 5.39 Å². The third-order valence-electron chi connectivity index (χ3n) is 3.40. The van der Waals surface area contributed by atoms with Gasteiger partial charge in [-0.2, -0.15) is 0 Å². The molecule has 0 amide bonds. The first kappa shape index (κ1) is 14.1. The van der Waals surface area contributed by atoms with Crippen molar-refractivity contribution in [1.29, 1.82) is 0 Å². The number of hydrogen-bond donors (Lipinski definition) is 0. The summed E-state index contributed by atoms with van der Waals surface area (Å²) in [6.07, 6.45) is 0. The van der Waals surface area contributed by atoms with Gasteiger partial charge >= 0.3 is 0 Å². The lowest BCUT2D eigenvalue weighted by atomic mass is 10.1. The van der Waals surface area contributed by atoms with E-state index in [0.717, 1.165) is 5.75 Å². The molecule has 3 rings (SSSR count). The van der Waals surface area contributed by atoms with Gasteiger partial charge in [0.2, 0.25) is 0 Å². The SMILES string of the molecule is COc1cccc2ccccc12.Cc1ccccc1C. The molecule has 3 aromatic rings. The van der Waals surface area contributed by atoms with Crippen molar-refractivity contribution in [3.05, 3.63) is 77.9 Å². The van der Waals surface area contributed by atoms with Crippen LogP contribution >= 0.6 is 0 Å². The molecule has 0 heterocycles. The summed E-state index contributed by atoms with van der Waals surface area (Å²) in [5.74, 6) is 0.938. The standard InChI is InChI=1S/C11H10O.C8H10/c1-12-11-8-4-6-9-5-2-3-7-10(9)11;1-7-5-3-4-6-8(7)2/h2-8H,1H3;3-6H,1-2H3. The van der Waals surface area contributed by atoms with Crippen molar-refractivity contribution < 1.29 is 4.74 Å². The van der Waals surface area contributed by atoms with Crippen LogP contribution in [-0.4, -0.2) is 7.11 Å². The highest BCUT2D eigenvalue weighted by atomic mass is 16.5. The number of benzene rings is 3. The molecule has 0 radical (unpaired) electrons. The molecule has 1 heteroatoms. The Morgan fingerprint density at radius 2 is 1.20 bits per heavy atom. The van der Waals surface area contributed by atoms with Gasteiger partial charge in [0.1, 0.15) is 5.75 Å². The first-order valence-electron chi connectivity index (χ1n) is 6.76. The van der Waals surface area contributed by atoms with Gasteiger partial charge in [0.05, 0.1) is 7.11 Å². The second kappa shape index (κ2) is 6.76. The number of hydrogen-bond acceptors (Lipinski definition) is 1. The summed E-state index contributed by atoms with van der Waals surface area (Å²) in [5, 5.41) is 2.39. The van der Waals surface area contributed by atoms with Crippen LogP contribution in [0, 0.1) is 13.8 Å². The molecule has 0 fully saturated rings. The summed E-state index contributed by atoms with van der Waals surface area (Å²) in [5.41, 5.74) is 2.74. The lowest BCUT2D eigenvalue weighted by Crippen LogP contribution is -1.83. The first-order valence-corrected chi connectivity index (χ1v) is 6.76. The molecule has 0 saturated carbocycles. The fourth-order valence-corrected chi connectivity index (χ4v) is 2.04. The van der Waals surface area contributed by atoms with Crippen LogP contribution in [0.1, 0.15) is 11.1 Å². The fraction of sp³-hybridized carbons (Fsp3) is 0.158. The molecular weight excluding hydrogens is 244 g/mol. The van der Waals surface area contributed by atoms with E-state index in [-0.39, 0.29) is 0 Å². The number of aryl methyl sites for hydroxylation is 2. The zero-order valence-electron chi connectivity index (χ0n) is 12.3. The van der Waals surface area contributed by atoms with E-state index in [1.54, 1.807) is 7.11 Å². The van der Waals surface area contributed by atoms with E-state index in [4.69, 9.17) is 4.74 Å². The monoisotopic (exact) mass is 264 g/mol. The van der Waals surface area contributed by atoms with Crippen molar-refractivity contribution in [3.8, 4) is 5.75 Å². The van der Waals surface area contributed by atoms with Crippen molar-refractivity contribution in [3.63, 3.8) is 0 Å². The van der Waals surface area contributed by atoms with Crippen LogP contribution in [0.4, 0.5) is 0 Å². The molecule has 0 aliphatic carbocycles. The Bertz CT molecular complexity index is 660. The lowest BCUT2D eigenvalue weighted by Gasteiger charge is -2.03. The van der Waals surface area contributed by atoms with Gasteiger partial charge in [-0.1, -0.05) is 60.7 Å². The molecule has 1 nitrogen and oxygen atoms in total. The van der Waals surface area contributed by atoms with E-state index in [9.17, 15) is 0 Å². The topological polar surface area (TPSA) is 9.23 Å². The molecule has 0 aliphatic heterocycles. The lowest BCUT2D eigenvalue weighted by molar-refractivity contribution is 0.420. The predicted octanol–water partition coefficient (Wildman–Crippen LogP) is 5.15. The average Bonchev–Trinajstić information content (AvgIpc) is 2.50. The highest BCUT2D eigenvalue weighted by Gasteiger charge is 1.97. The fourth-order valence-electron chi connectivity index (χ4n) is 2.04. The predicted molar refractivity (Wildman–Crippen MR) is 86.4 cm³/mol. The molecule has 20 heavy (non-hydrogen) atoms. The maximum Gasteiger partial charge on any atom is 0.126 e. The first-order chi connectivity index (χ1) is 9.72. The zero-order valence-corrected chi connectivity index (χ0v) is 12.3. The molecule has 0 saturated heterocycles. The quantitative estimate of drug-likeness (QED) is 0.590. The van der Waals surface area contributed by atoms with Gasteiger partial charge in [-0.05, 0) is 36.4 Å².